The Hall–Kier alpha value is -4.02. The number of carbonyl (C=O) groups excluding carboxylic acids is 2. The third-order valence-electron chi connectivity index (χ3n) is 7.21. The second kappa shape index (κ2) is 12.0. The average Bonchev–Trinajstić information content (AvgIpc) is 3.23. The van der Waals surface area contributed by atoms with E-state index in [0.29, 0.717) is 42.6 Å². The number of nitrogens with one attached hydrogen (secondary N) is 3. The molecule has 0 bridgehead atoms. The minimum atomic E-state index is -0.291. The molecule has 1 aromatic carbocycles. The van der Waals surface area contributed by atoms with Gasteiger partial charge in [0.2, 0.25) is 11.8 Å². The molecule has 1 fully saturated rings. The Labute approximate surface area is 234 Å². The van der Waals surface area contributed by atoms with Gasteiger partial charge in [0.25, 0.3) is 5.91 Å². The van der Waals surface area contributed by atoms with E-state index in [2.05, 4.69) is 39.8 Å². The van der Waals surface area contributed by atoms with Crippen molar-refractivity contribution in [2.75, 3.05) is 48.4 Å². The third-order valence-corrected chi connectivity index (χ3v) is 7.21. The summed E-state index contributed by atoms with van der Waals surface area (Å²) in [4.78, 5) is 36.0. The highest BCUT2D eigenvalue weighted by molar-refractivity contribution is 6.08. The van der Waals surface area contributed by atoms with Crippen LogP contribution >= 0.6 is 0 Å². The van der Waals surface area contributed by atoms with Gasteiger partial charge in [-0.05, 0) is 41.5 Å². The van der Waals surface area contributed by atoms with Crippen molar-refractivity contribution < 1.29 is 19.1 Å². The van der Waals surface area contributed by atoms with Crippen molar-refractivity contribution in [3.63, 3.8) is 0 Å². The van der Waals surface area contributed by atoms with E-state index in [1.807, 2.05) is 30.3 Å². The maximum atomic E-state index is 13.3. The number of anilines is 3. The molecule has 210 valence electrons. The number of benzene rings is 1. The van der Waals surface area contributed by atoms with E-state index >= 15 is 0 Å². The molecule has 40 heavy (non-hydrogen) atoms. The number of rotatable bonds is 9. The van der Waals surface area contributed by atoms with Crippen LogP contribution in [0.4, 0.5) is 17.2 Å². The fourth-order valence-electron chi connectivity index (χ4n) is 5.10. The summed E-state index contributed by atoms with van der Waals surface area (Å²) in [7, 11) is 0. The summed E-state index contributed by atoms with van der Waals surface area (Å²) in [6.07, 6.45) is 4.29. The molecule has 3 N–H and O–H groups in total. The van der Waals surface area contributed by atoms with Gasteiger partial charge in [0.1, 0.15) is 5.82 Å². The van der Waals surface area contributed by atoms with E-state index in [9.17, 15) is 9.59 Å². The quantitative estimate of drug-likeness (QED) is 0.373. The molecule has 1 saturated heterocycles. The van der Waals surface area contributed by atoms with Gasteiger partial charge in [0.15, 0.2) is 0 Å². The lowest BCUT2D eigenvalue weighted by Gasteiger charge is -2.23. The monoisotopic (exact) mass is 544 g/mol. The highest BCUT2D eigenvalue weighted by atomic mass is 16.5. The lowest BCUT2D eigenvalue weighted by atomic mass is 9.87. The number of aromatic nitrogens is 2. The van der Waals surface area contributed by atoms with Crippen LogP contribution in [0, 0.1) is 0 Å². The van der Waals surface area contributed by atoms with E-state index in [1.165, 1.54) is 0 Å². The summed E-state index contributed by atoms with van der Waals surface area (Å²) >= 11 is 0. The number of fused-ring (bicyclic) bond motifs is 1. The summed E-state index contributed by atoms with van der Waals surface area (Å²) in [5, 5.41) is 9.56. The molecule has 2 aliphatic rings. The van der Waals surface area contributed by atoms with Gasteiger partial charge in [-0.25, -0.2) is 9.97 Å². The third kappa shape index (κ3) is 6.40. The molecular formula is C30H36N6O4. The summed E-state index contributed by atoms with van der Waals surface area (Å²) in [5.41, 5.74) is 3.75. The molecule has 0 spiro atoms. The minimum absolute atomic E-state index is 0.0192. The topological polar surface area (TPSA) is 118 Å². The van der Waals surface area contributed by atoms with Gasteiger partial charge >= 0.3 is 0 Å². The van der Waals surface area contributed by atoms with Crippen molar-refractivity contribution in [3.8, 4) is 5.88 Å². The number of nitrogens with zero attached hydrogens (tertiary/aromatic N) is 3. The Kier molecular flexibility index (Phi) is 8.27. The molecule has 5 rings (SSSR count). The van der Waals surface area contributed by atoms with Crippen LogP contribution in [0.15, 0.2) is 54.9 Å². The number of hydrogen-bond donors (Lipinski definition) is 3. The van der Waals surface area contributed by atoms with E-state index < -0.39 is 0 Å². The van der Waals surface area contributed by atoms with E-state index in [0.717, 1.165) is 42.9 Å². The number of pyridine rings is 2. The number of hydrogen-bond acceptors (Lipinski definition) is 8. The first-order chi connectivity index (χ1) is 19.3. The largest absolute Gasteiger partial charge is 0.478 e. The van der Waals surface area contributed by atoms with Crippen LogP contribution in [-0.2, 0) is 21.5 Å². The van der Waals surface area contributed by atoms with Crippen LogP contribution in [0.25, 0.3) is 0 Å². The van der Waals surface area contributed by atoms with Crippen molar-refractivity contribution >= 4 is 29.0 Å². The molecule has 4 heterocycles. The molecule has 1 atom stereocenters. The zero-order valence-corrected chi connectivity index (χ0v) is 23.2. The molecule has 2 amide bonds. The van der Waals surface area contributed by atoms with Crippen LogP contribution in [0.1, 0.15) is 48.7 Å². The Balaban J connectivity index is 1.21. The number of ether oxygens (including phenoxy) is 2. The van der Waals surface area contributed by atoms with Gasteiger partial charge in [0.05, 0.1) is 24.9 Å². The Morgan fingerprint density at radius 1 is 1.18 bits per heavy atom. The van der Waals surface area contributed by atoms with E-state index in [1.54, 1.807) is 36.4 Å². The average molecular weight is 545 g/mol. The first-order valence-corrected chi connectivity index (χ1v) is 13.6. The van der Waals surface area contributed by atoms with E-state index in [-0.39, 0.29) is 23.3 Å². The van der Waals surface area contributed by atoms with Gasteiger partial charge in [-0.2, -0.15) is 0 Å². The fourth-order valence-corrected chi connectivity index (χ4v) is 5.10. The van der Waals surface area contributed by atoms with Crippen LogP contribution in [0.5, 0.6) is 5.88 Å². The van der Waals surface area contributed by atoms with Crippen molar-refractivity contribution in [2.24, 2.45) is 0 Å². The lowest BCUT2D eigenvalue weighted by molar-refractivity contribution is -0.116. The number of morpholine rings is 1. The lowest BCUT2D eigenvalue weighted by Crippen LogP contribution is -2.39. The summed E-state index contributed by atoms with van der Waals surface area (Å²) < 4.78 is 11.6. The predicted molar refractivity (Wildman–Crippen MR) is 154 cm³/mol. The smallest absolute Gasteiger partial charge is 0.259 e. The molecular weight excluding hydrogens is 508 g/mol. The van der Waals surface area contributed by atoms with Gasteiger partial charge in [-0.15, -0.1) is 0 Å². The van der Waals surface area contributed by atoms with Crippen LogP contribution in [0.3, 0.4) is 0 Å². The van der Waals surface area contributed by atoms with Crippen LogP contribution in [0.2, 0.25) is 0 Å². The Morgan fingerprint density at radius 3 is 2.85 bits per heavy atom. The van der Waals surface area contributed by atoms with Crippen molar-refractivity contribution in [3.05, 3.63) is 71.5 Å². The zero-order valence-electron chi connectivity index (χ0n) is 23.2. The summed E-state index contributed by atoms with van der Waals surface area (Å²) in [6.45, 7) is 9.81. The molecule has 3 aromatic rings. The maximum absolute atomic E-state index is 13.3. The molecule has 10 nitrogen and oxygen atoms in total. The van der Waals surface area contributed by atoms with Gasteiger partial charge < -0.3 is 30.3 Å². The zero-order chi connectivity index (χ0) is 28.1. The normalized spacial score (nSPS) is 17.7. The minimum Gasteiger partial charge on any atom is -0.478 e. The molecule has 0 radical (unpaired) electrons. The molecule has 10 heteroatoms. The molecule has 2 aromatic heterocycles. The fraction of sp³-hybridized carbons (Fsp3) is 0.400. The highest BCUT2D eigenvalue weighted by Gasteiger charge is 2.37. The highest BCUT2D eigenvalue weighted by Crippen LogP contribution is 2.41. The van der Waals surface area contributed by atoms with Crippen molar-refractivity contribution in [1.29, 1.82) is 0 Å². The van der Waals surface area contributed by atoms with Crippen molar-refractivity contribution in [1.82, 2.24) is 15.3 Å². The second-order valence-electron chi connectivity index (χ2n) is 10.8. The van der Waals surface area contributed by atoms with Crippen LogP contribution in [-0.4, -0.2) is 60.7 Å². The van der Waals surface area contributed by atoms with Gasteiger partial charge in [0, 0.05) is 74.8 Å². The Bertz CT molecular complexity index is 1370. The SMILES string of the molecule is CC(=O)N1CC(C)(C)c2ccc(NC(=O)c3cccnc3NCc3ccnc(OCCC4CNCCO4)c3)cc21. The van der Waals surface area contributed by atoms with Gasteiger partial charge in [-0.3, -0.25) is 9.59 Å². The molecule has 0 saturated carbocycles. The molecule has 1 unspecified atom stereocenters. The second-order valence-corrected chi connectivity index (χ2v) is 10.8. The number of amides is 2. The standard InChI is InChI=1S/C30H36N6O4/c1-20(37)36-19-30(2,3)25-7-6-22(16-26(25)36)35-29(38)24-5-4-10-33-28(24)34-17-21-8-11-32-27(15-21)40-13-9-23-18-31-12-14-39-23/h4-8,10-11,15-16,23,31H,9,12-14,17-19H2,1-3H3,(H,33,34)(H,35,38). The van der Waals surface area contributed by atoms with E-state index in [4.69, 9.17) is 9.47 Å². The molecule has 2 aliphatic heterocycles. The summed E-state index contributed by atoms with van der Waals surface area (Å²) in [5.74, 6) is 0.699. The maximum Gasteiger partial charge on any atom is 0.259 e. The Morgan fingerprint density at radius 2 is 2.05 bits per heavy atom. The summed E-state index contributed by atoms with van der Waals surface area (Å²) in [6, 6.07) is 13.0. The van der Waals surface area contributed by atoms with Crippen LogP contribution < -0.4 is 25.6 Å². The molecule has 0 aliphatic carbocycles. The predicted octanol–water partition coefficient (Wildman–Crippen LogP) is 3.74. The van der Waals surface area contributed by atoms with Crippen molar-refractivity contribution in [2.45, 2.75) is 45.3 Å². The first-order valence-electron chi connectivity index (χ1n) is 13.6. The number of carbonyl (C=O) groups is 2. The van der Waals surface area contributed by atoms with Gasteiger partial charge in [-0.1, -0.05) is 19.9 Å². The first kappa shape index (κ1) is 27.5.